The standard InChI is InChI=1S/C11H17N3O2/c1-11(2,4-5-12)14-10(16)8-3-6-13-7-9(8)15/h3,6-7,15H,4-5,12H2,1-2H3,(H,14,16). The largest absolute Gasteiger partial charge is 0.505 e. The van der Waals surface area contributed by atoms with E-state index in [2.05, 4.69) is 10.3 Å². The van der Waals surface area contributed by atoms with Crippen LogP contribution in [-0.2, 0) is 0 Å². The normalized spacial score (nSPS) is 11.2. The zero-order valence-corrected chi connectivity index (χ0v) is 9.53. The molecule has 0 aromatic carbocycles. The molecular weight excluding hydrogens is 206 g/mol. The molecule has 1 aromatic heterocycles. The van der Waals surface area contributed by atoms with E-state index in [0.717, 1.165) is 0 Å². The third-order valence-electron chi connectivity index (χ3n) is 2.27. The molecule has 0 atom stereocenters. The van der Waals surface area contributed by atoms with Crippen molar-refractivity contribution in [2.75, 3.05) is 6.54 Å². The van der Waals surface area contributed by atoms with E-state index in [1.165, 1.54) is 18.5 Å². The molecule has 88 valence electrons. The average molecular weight is 223 g/mol. The van der Waals surface area contributed by atoms with Crippen LogP contribution in [0.2, 0.25) is 0 Å². The molecule has 0 aliphatic heterocycles. The lowest BCUT2D eigenvalue weighted by molar-refractivity contribution is 0.0907. The van der Waals surface area contributed by atoms with Crippen molar-refractivity contribution in [3.8, 4) is 5.75 Å². The zero-order valence-electron chi connectivity index (χ0n) is 9.53. The van der Waals surface area contributed by atoms with Gasteiger partial charge in [0.25, 0.3) is 5.91 Å². The van der Waals surface area contributed by atoms with Crippen LogP contribution in [0, 0.1) is 0 Å². The highest BCUT2D eigenvalue weighted by Gasteiger charge is 2.21. The van der Waals surface area contributed by atoms with Crippen LogP contribution < -0.4 is 11.1 Å². The first-order chi connectivity index (χ1) is 7.46. The summed E-state index contributed by atoms with van der Waals surface area (Å²) >= 11 is 0. The third kappa shape index (κ3) is 3.20. The van der Waals surface area contributed by atoms with Crippen molar-refractivity contribution < 1.29 is 9.90 Å². The Kier molecular flexibility index (Phi) is 3.84. The topological polar surface area (TPSA) is 88.2 Å². The lowest BCUT2D eigenvalue weighted by Gasteiger charge is -2.25. The molecule has 0 spiro atoms. The second kappa shape index (κ2) is 4.94. The fourth-order valence-corrected chi connectivity index (χ4v) is 1.38. The molecule has 0 saturated carbocycles. The molecule has 1 aromatic rings. The monoisotopic (exact) mass is 223 g/mol. The Bertz CT molecular complexity index is 377. The minimum atomic E-state index is -0.387. The number of hydrogen-bond acceptors (Lipinski definition) is 4. The number of nitrogens with zero attached hydrogens (tertiary/aromatic N) is 1. The molecule has 0 bridgehead atoms. The van der Waals surface area contributed by atoms with Crippen molar-refractivity contribution in [3.63, 3.8) is 0 Å². The van der Waals surface area contributed by atoms with Crippen molar-refractivity contribution in [3.05, 3.63) is 24.0 Å². The van der Waals surface area contributed by atoms with Crippen LogP contribution in [0.15, 0.2) is 18.5 Å². The highest BCUT2D eigenvalue weighted by molar-refractivity contribution is 5.96. The van der Waals surface area contributed by atoms with Gasteiger partial charge in [0.05, 0.1) is 11.8 Å². The van der Waals surface area contributed by atoms with Crippen molar-refractivity contribution in [1.82, 2.24) is 10.3 Å². The molecule has 0 aliphatic rings. The van der Waals surface area contributed by atoms with Gasteiger partial charge < -0.3 is 16.2 Å². The third-order valence-corrected chi connectivity index (χ3v) is 2.27. The molecule has 0 saturated heterocycles. The summed E-state index contributed by atoms with van der Waals surface area (Å²) in [6.45, 7) is 4.27. The van der Waals surface area contributed by atoms with E-state index >= 15 is 0 Å². The summed E-state index contributed by atoms with van der Waals surface area (Å²) < 4.78 is 0. The summed E-state index contributed by atoms with van der Waals surface area (Å²) in [6, 6.07) is 1.48. The van der Waals surface area contributed by atoms with Gasteiger partial charge in [-0.3, -0.25) is 9.78 Å². The molecule has 1 amide bonds. The molecular formula is C11H17N3O2. The van der Waals surface area contributed by atoms with E-state index < -0.39 is 0 Å². The maximum absolute atomic E-state index is 11.8. The van der Waals surface area contributed by atoms with Crippen LogP contribution in [0.1, 0.15) is 30.6 Å². The number of rotatable bonds is 4. The Morgan fingerprint density at radius 2 is 2.31 bits per heavy atom. The number of nitrogens with one attached hydrogen (secondary N) is 1. The maximum Gasteiger partial charge on any atom is 0.255 e. The van der Waals surface area contributed by atoms with Crippen LogP contribution in [-0.4, -0.2) is 28.1 Å². The molecule has 1 rings (SSSR count). The maximum atomic E-state index is 11.8. The minimum absolute atomic E-state index is 0.122. The molecule has 4 N–H and O–H groups in total. The number of pyridine rings is 1. The Morgan fingerprint density at radius 1 is 1.62 bits per heavy atom. The molecule has 0 fully saturated rings. The summed E-state index contributed by atoms with van der Waals surface area (Å²) in [4.78, 5) is 15.5. The molecule has 1 heterocycles. The second-order valence-electron chi connectivity index (χ2n) is 4.27. The van der Waals surface area contributed by atoms with E-state index in [9.17, 15) is 9.90 Å². The van der Waals surface area contributed by atoms with Crippen molar-refractivity contribution in [1.29, 1.82) is 0 Å². The summed E-state index contributed by atoms with van der Waals surface area (Å²) in [7, 11) is 0. The van der Waals surface area contributed by atoms with Gasteiger partial charge in [0.2, 0.25) is 0 Å². The van der Waals surface area contributed by atoms with Crippen molar-refractivity contribution in [2.45, 2.75) is 25.8 Å². The fraction of sp³-hybridized carbons (Fsp3) is 0.455. The number of aromatic nitrogens is 1. The lowest BCUT2D eigenvalue weighted by Crippen LogP contribution is -2.44. The fourth-order valence-electron chi connectivity index (χ4n) is 1.38. The molecule has 0 aliphatic carbocycles. The highest BCUT2D eigenvalue weighted by atomic mass is 16.3. The van der Waals surface area contributed by atoms with Crippen molar-refractivity contribution in [2.24, 2.45) is 5.73 Å². The predicted molar refractivity (Wildman–Crippen MR) is 61.1 cm³/mol. The Morgan fingerprint density at radius 3 is 2.88 bits per heavy atom. The molecule has 0 unspecified atom stereocenters. The van der Waals surface area contributed by atoms with Gasteiger partial charge >= 0.3 is 0 Å². The first-order valence-electron chi connectivity index (χ1n) is 5.12. The Labute approximate surface area is 94.7 Å². The lowest BCUT2D eigenvalue weighted by atomic mass is 10.00. The SMILES string of the molecule is CC(C)(CCN)NC(=O)c1ccncc1O. The van der Waals surface area contributed by atoms with Crippen LogP contribution in [0.25, 0.3) is 0 Å². The van der Waals surface area contributed by atoms with E-state index in [4.69, 9.17) is 5.73 Å². The van der Waals surface area contributed by atoms with Gasteiger partial charge in [0, 0.05) is 11.7 Å². The molecule has 5 nitrogen and oxygen atoms in total. The van der Waals surface area contributed by atoms with Gasteiger partial charge in [0.1, 0.15) is 5.75 Å². The minimum Gasteiger partial charge on any atom is -0.505 e. The highest BCUT2D eigenvalue weighted by Crippen LogP contribution is 2.16. The van der Waals surface area contributed by atoms with E-state index in [-0.39, 0.29) is 22.8 Å². The van der Waals surface area contributed by atoms with Crippen LogP contribution in [0.3, 0.4) is 0 Å². The van der Waals surface area contributed by atoms with Gasteiger partial charge in [-0.25, -0.2) is 0 Å². The smallest absolute Gasteiger partial charge is 0.255 e. The number of amides is 1. The first-order valence-corrected chi connectivity index (χ1v) is 5.12. The summed E-state index contributed by atoms with van der Waals surface area (Å²) in [5.41, 5.74) is 5.28. The van der Waals surface area contributed by atoms with E-state index in [1.54, 1.807) is 0 Å². The summed E-state index contributed by atoms with van der Waals surface area (Å²) in [6.07, 6.45) is 3.37. The molecule has 16 heavy (non-hydrogen) atoms. The number of hydrogen-bond donors (Lipinski definition) is 3. The van der Waals surface area contributed by atoms with Gasteiger partial charge in [0.15, 0.2) is 0 Å². The van der Waals surface area contributed by atoms with Crippen LogP contribution in [0.5, 0.6) is 5.75 Å². The van der Waals surface area contributed by atoms with Crippen LogP contribution in [0.4, 0.5) is 0 Å². The number of carbonyl (C=O) groups excluding carboxylic acids is 1. The molecule has 5 heteroatoms. The summed E-state index contributed by atoms with van der Waals surface area (Å²) in [5, 5.41) is 12.3. The second-order valence-corrected chi connectivity index (χ2v) is 4.27. The number of aromatic hydroxyl groups is 1. The quantitative estimate of drug-likeness (QED) is 0.699. The van der Waals surface area contributed by atoms with E-state index in [0.29, 0.717) is 13.0 Å². The average Bonchev–Trinajstić information content (AvgIpc) is 2.17. The van der Waals surface area contributed by atoms with Gasteiger partial charge in [-0.15, -0.1) is 0 Å². The van der Waals surface area contributed by atoms with Gasteiger partial charge in [-0.2, -0.15) is 0 Å². The predicted octanol–water partition coefficient (Wildman–Crippen LogP) is 0.644. The zero-order chi connectivity index (χ0) is 12.2. The van der Waals surface area contributed by atoms with E-state index in [1.807, 2.05) is 13.8 Å². The van der Waals surface area contributed by atoms with Crippen LogP contribution >= 0.6 is 0 Å². The Balaban J connectivity index is 2.77. The number of carbonyl (C=O) groups is 1. The Hall–Kier alpha value is -1.62. The summed E-state index contributed by atoms with van der Waals surface area (Å²) in [5.74, 6) is -0.443. The van der Waals surface area contributed by atoms with Gasteiger partial charge in [-0.1, -0.05) is 0 Å². The van der Waals surface area contributed by atoms with Crippen molar-refractivity contribution >= 4 is 5.91 Å². The number of nitrogens with two attached hydrogens (primary N) is 1. The first kappa shape index (κ1) is 12.4. The molecule has 0 radical (unpaired) electrons. The van der Waals surface area contributed by atoms with Gasteiger partial charge in [-0.05, 0) is 32.9 Å².